The van der Waals surface area contributed by atoms with Crippen LogP contribution in [0.15, 0.2) is 0 Å². The fraction of sp³-hybridized carbons (Fsp3) is 1.00. The highest BCUT2D eigenvalue weighted by Crippen LogP contribution is 2.34. The molecule has 0 amide bonds. The van der Waals surface area contributed by atoms with Crippen LogP contribution in [0, 0.1) is 5.41 Å². The second-order valence-corrected chi connectivity index (χ2v) is 10.1. The molecule has 156 valence electrons. The maximum Gasteiger partial charge on any atom is 0.0952 e. The Kier molecular flexibility index (Phi) is 10.7. The van der Waals surface area contributed by atoms with Crippen molar-refractivity contribution in [1.29, 1.82) is 0 Å². The van der Waals surface area contributed by atoms with Gasteiger partial charge in [0.05, 0.1) is 24.4 Å². The van der Waals surface area contributed by atoms with Crippen molar-refractivity contribution in [3.8, 4) is 0 Å². The molecule has 0 N–H and O–H groups in total. The number of hydrogen-bond acceptors (Lipinski definition) is 4. The van der Waals surface area contributed by atoms with E-state index in [4.69, 9.17) is 19.6 Å². The van der Waals surface area contributed by atoms with Gasteiger partial charge in [-0.1, -0.05) is 57.8 Å². The van der Waals surface area contributed by atoms with Crippen LogP contribution in [-0.4, -0.2) is 24.4 Å². The molecule has 0 spiro atoms. The van der Waals surface area contributed by atoms with E-state index in [-0.39, 0.29) is 16.6 Å². The zero-order valence-corrected chi connectivity index (χ0v) is 18.3. The summed E-state index contributed by atoms with van der Waals surface area (Å²) in [5, 5.41) is 0. The van der Waals surface area contributed by atoms with Crippen LogP contribution < -0.4 is 0 Å². The summed E-state index contributed by atoms with van der Waals surface area (Å²) in [6.45, 7) is 13.2. The third-order valence-corrected chi connectivity index (χ3v) is 4.76. The normalized spacial score (nSPS) is 21.0. The van der Waals surface area contributed by atoms with Crippen LogP contribution >= 0.6 is 0 Å². The van der Waals surface area contributed by atoms with Gasteiger partial charge in [-0.15, -0.1) is 0 Å². The first kappa shape index (κ1) is 23.9. The zero-order valence-electron chi connectivity index (χ0n) is 18.3. The first-order chi connectivity index (χ1) is 12.1. The first-order valence-electron chi connectivity index (χ1n) is 10.7. The average molecular weight is 373 g/mol. The Morgan fingerprint density at radius 1 is 0.538 bits per heavy atom. The minimum absolute atomic E-state index is 0.0320. The lowest BCUT2D eigenvalue weighted by atomic mass is 9.79. The quantitative estimate of drug-likeness (QED) is 0.381. The summed E-state index contributed by atoms with van der Waals surface area (Å²) in [5.74, 6) is 0. The second kappa shape index (κ2) is 11.6. The molecule has 1 rings (SSSR count). The molecule has 4 nitrogen and oxygen atoms in total. The highest BCUT2D eigenvalue weighted by atomic mass is 17.2. The van der Waals surface area contributed by atoms with E-state index in [1.807, 2.05) is 41.5 Å². The molecule has 1 fully saturated rings. The molecule has 0 aromatic carbocycles. The molecule has 0 bridgehead atoms. The standard InChI is InChI=1S/C22H44O4/c1-20(2,3)25-23-18-22(19-24-26-21(4,5)6)16-14-12-10-8-7-9-11-13-15-17-22/h7-19H2,1-6H3. The van der Waals surface area contributed by atoms with E-state index in [0.717, 1.165) is 12.8 Å². The van der Waals surface area contributed by atoms with Gasteiger partial charge in [0.2, 0.25) is 0 Å². The first-order valence-corrected chi connectivity index (χ1v) is 10.7. The van der Waals surface area contributed by atoms with E-state index in [0.29, 0.717) is 13.2 Å². The molecule has 0 heterocycles. The Morgan fingerprint density at radius 2 is 0.846 bits per heavy atom. The molecule has 1 aliphatic carbocycles. The molecule has 1 saturated carbocycles. The Hall–Kier alpha value is -0.160. The lowest BCUT2D eigenvalue weighted by Gasteiger charge is -2.34. The van der Waals surface area contributed by atoms with Crippen LogP contribution in [0.2, 0.25) is 0 Å². The van der Waals surface area contributed by atoms with Gasteiger partial charge in [-0.3, -0.25) is 0 Å². The molecule has 0 radical (unpaired) electrons. The predicted octanol–water partition coefficient (Wildman–Crippen LogP) is 6.77. The van der Waals surface area contributed by atoms with Crippen LogP contribution in [0.4, 0.5) is 0 Å². The van der Waals surface area contributed by atoms with Gasteiger partial charge >= 0.3 is 0 Å². The van der Waals surface area contributed by atoms with Crippen LogP contribution in [-0.2, 0) is 19.6 Å². The minimum atomic E-state index is -0.296. The molecule has 1 aliphatic rings. The largest absolute Gasteiger partial charge is 0.236 e. The maximum absolute atomic E-state index is 5.71. The summed E-state index contributed by atoms with van der Waals surface area (Å²) in [5.41, 5.74) is -0.625. The Labute approximate surface area is 162 Å². The Morgan fingerprint density at radius 3 is 1.15 bits per heavy atom. The van der Waals surface area contributed by atoms with Gasteiger partial charge in [0.1, 0.15) is 0 Å². The van der Waals surface area contributed by atoms with Crippen LogP contribution in [0.25, 0.3) is 0 Å². The fourth-order valence-corrected chi connectivity index (χ4v) is 3.36. The van der Waals surface area contributed by atoms with Gasteiger partial charge in [0.15, 0.2) is 0 Å². The molecule has 0 atom stereocenters. The topological polar surface area (TPSA) is 36.9 Å². The van der Waals surface area contributed by atoms with Crippen molar-refractivity contribution >= 4 is 0 Å². The van der Waals surface area contributed by atoms with Crippen molar-refractivity contribution in [3.05, 3.63) is 0 Å². The molecular formula is C22H44O4. The smallest absolute Gasteiger partial charge is 0.0952 e. The van der Waals surface area contributed by atoms with Crippen LogP contribution in [0.1, 0.15) is 112 Å². The Bertz CT molecular complexity index is 320. The van der Waals surface area contributed by atoms with E-state index < -0.39 is 0 Å². The summed E-state index contributed by atoms with van der Waals surface area (Å²) in [7, 11) is 0. The zero-order chi connectivity index (χ0) is 19.5. The minimum Gasteiger partial charge on any atom is -0.236 e. The number of rotatable bonds is 6. The van der Waals surface area contributed by atoms with E-state index >= 15 is 0 Å². The molecule has 26 heavy (non-hydrogen) atoms. The van der Waals surface area contributed by atoms with Gasteiger partial charge in [-0.25, -0.2) is 19.6 Å². The van der Waals surface area contributed by atoms with Crippen molar-refractivity contribution in [1.82, 2.24) is 0 Å². The van der Waals surface area contributed by atoms with E-state index in [2.05, 4.69) is 0 Å². The summed E-state index contributed by atoms with van der Waals surface area (Å²) >= 11 is 0. The lowest BCUT2D eigenvalue weighted by molar-refractivity contribution is -0.387. The van der Waals surface area contributed by atoms with Crippen molar-refractivity contribution < 1.29 is 19.6 Å². The van der Waals surface area contributed by atoms with Crippen LogP contribution in [0.5, 0.6) is 0 Å². The summed E-state index contributed by atoms with van der Waals surface area (Å²) in [6.07, 6.45) is 14.1. The SMILES string of the molecule is CC(C)(C)OOCC1(COOC(C)(C)C)CCCCCCCCCCC1. The summed E-state index contributed by atoms with van der Waals surface area (Å²) in [6, 6.07) is 0. The highest BCUT2D eigenvalue weighted by molar-refractivity contribution is 4.79. The monoisotopic (exact) mass is 372 g/mol. The third kappa shape index (κ3) is 12.3. The van der Waals surface area contributed by atoms with Crippen molar-refractivity contribution in [2.24, 2.45) is 5.41 Å². The van der Waals surface area contributed by atoms with Crippen molar-refractivity contribution in [3.63, 3.8) is 0 Å². The van der Waals surface area contributed by atoms with Gasteiger partial charge in [0, 0.05) is 5.41 Å². The van der Waals surface area contributed by atoms with E-state index in [1.54, 1.807) is 0 Å². The van der Waals surface area contributed by atoms with Gasteiger partial charge < -0.3 is 0 Å². The van der Waals surface area contributed by atoms with Gasteiger partial charge in [0.25, 0.3) is 0 Å². The van der Waals surface area contributed by atoms with Gasteiger partial charge in [-0.2, -0.15) is 0 Å². The van der Waals surface area contributed by atoms with Gasteiger partial charge in [-0.05, 0) is 54.4 Å². The van der Waals surface area contributed by atoms with E-state index in [9.17, 15) is 0 Å². The summed E-state index contributed by atoms with van der Waals surface area (Å²) < 4.78 is 0. The molecule has 4 heteroatoms. The van der Waals surface area contributed by atoms with Crippen LogP contribution in [0.3, 0.4) is 0 Å². The molecular weight excluding hydrogens is 328 g/mol. The maximum atomic E-state index is 5.71. The fourth-order valence-electron chi connectivity index (χ4n) is 3.36. The highest BCUT2D eigenvalue weighted by Gasteiger charge is 2.33. The number of hydrogen-bond donors (Lipinski definition) is 0. The van der Waals surface area contributed by atoms with Crippen molar-refractivity contribution in [2.45, 2.75) is 123 Å². The Balaban J connectivity index is 2.70. The summed E-state index contributed by atoms with van der Waals surface area (Å²) in [4.78, 5) is 22.6. The van der Waals surface area contributed by atoms with E-state index in [1.165, 1.54) is 57.8 Å². The third-order valence-electron chi connectivity index (χ3n) is 4.76. The molecule has 0 saturated heterocycles. The van der Waals surface area contributed by atoms with Crippen molar-refractivity contribution in [2.75, 3.05) is 13.2 Å². The molecule has 0 unspecified atom stereocenters. The second-order valence-electron chi connectivity index (χ2n) is 10.1. The predicted molar refractivity (Wildman–Crippen MR) is 107 cm³/mol. The molecule has 0 aromatic heterocycles. The lowest BCUT2D eigenvalue weighted by Crippen LogP contribution is -2.35. The molecule has 0 aromatic rings. The molecule has 0 aliphatic heterocycles. The average Bonchev–Trinajstić information content (AvgIpc) is 2.48.